The molecular formula is C22H20N4O5. The second kappa shape index (κ2) is 8.31. The summed E-state index contributed by atoms with van der Waals surface area (Å²) in [5.41, 5.74) is 1.72. The molecule has 158 valence electrons. The number of aryl methyl sites for hydroxylation is 1. The Morgan fingerprint density at radius 3 is 2.74 bits per heavy atom. The first-order valence-electron chi connectivity index (χ1n) is 9.56. The van der Waals surface area contributed by atoms with Crippen LogP contribution in [0, 0.1) is 6.92 Å². The summed E-state index contributed by atoms with van der Waals surface area (Å²) in [6.45, 7) is 1.79. The number of amides is 1. The minimum absolute atomic E-state index is 0.0164. The van der Waals surface area contributed by atoms with E-state index in [1.54, 1.807) is 32.2 Å². The zero-order valence-corrected chi connectivity index (χ0v) is 16.9. The van der Waals surface area contributed by atoms with Crippen molar-refractivity contribution in [1.29, 1.82) is 0 Å². The number of aromatic nitrogens is 3. The molecular weight excluding hydrogens is 400 g/mol. The molecule has 2 aromatic heterocycles. The van der Waals surface area contributed by atoms with Crippen molar-refractivity contribution >= 4 is 22.8 Å². The molecule has 3 N–H and O–H groups in total. The van der Waals surface area contributed by atoms with Gasteiger partial charge in [-0.05, 0) is 55.3 Å². The van der Waals surface area contributed by atoms with E-state index in [1.807, 2.05) is 12.1 Å². The lowest BCUT2D eigenvalue weighted by Gasteiger charge is -2.07. The number of H-pyrrole nitrogens is 1. The van der Waals surface area contributed by atoms with Crippen molar-refractivity contribution in [2.75, 3.05) is 12.4 Å². The van der Waals surface area contributed by atoms with E-state index >= 15 is 0 Å². The van der Waals surface area contributed by atoms with Crippen LogP contribution < -0.4 is 15.7 Å². The fraction of sp³-hybridized carbons (Fsp3) is 0.182. The molecule has 0 bridgehead atoms. The van der Waals surface area contributed by atoms with Crippen LogP contribution in [0.3, 0.4) is 0 Å². The van der Waals surface area contributed by atoms with Crippen molar-refractivity contribution in [2.45, 2.75) is 19.8 Å². The summed E-state index contributed by atoms with van der Waals surface area (Å²) in [6.07, 6.45) is 0.258. The summed E-state index contributed by atoms with van der Waals surface area (Å²) in [5.74, 6) is 1.07. The molecule has 0 radical (unpaired) electrons. The number of rotatable bonds is 6. The molecule has 0 saturated carbocycles. The van der Waals surface area contributed by atoms with E-state index in [9.17, 15) is 14.7 Å². The normalized spacial score (nSPS) is 10.9. The first-order chi connectivity index (χ1) is 14.9. The number of benzene rings is 2. The number of methoxy groups -OCH3 is 1. The maximum atomic E-state index is 12.4. The quantitative estimate of drug-likeness (QED) is 0.408. The van der Waals surface area contributed by atoms with Gasteiger partial charge in [0.1, 0.15) is 17.1 Å². The van der Waals surface area contributed by atoms with Gasteiger partial charge in [-0.15, -0.1) is 5.10 Å². The predicted octanol–water partition coefficient (Wildman–Crippen LogP) is 3.17. The number of aromatic amines is 1. The maximum absolute atomic E-state index is 12.4. The van der Waals surface area contributed by atoms with Gasteiger partial charge in [0.05, 0.1) is 7.11 Å². The van der Waals surface area contributed by atoms with Crippen LogP contribution in [0.15, 0.2) is 51.7 Å². The third-order valence-corrected chi connectivity index (χ3v) is 4.97. The Kier molecular flexibility index (Phi) is 5.40. The Labute approximate surface area is 176 Å². The molecule has 9 heteroatoms. The van der Waals surface area contributed by atoms with Gasteiger partial charge in [-0.2, -0.15) is 4.98 Å². The number of nitrogens with zero attached hydrogens (tertiary/aromatic N) is 2. The lowest BCUT2D eigenvalue weighted by atomic mass is 10.0. The van der Waals surface area contributed by atoms with E-state index in [0.29, 0.717) is 22.4 Å². The first kappa shape index (κ1) is 20.1. The van der Waals surface area contributed by atoms with Gasteiger partial charge in [-0.3, -0.25) is 15.2 Å². The van der Waals surface area contributed by atoms with Gasteiger partial charge in [0.25, 0.3) is 0 Å². The molecule has 0 atom stereocenters. The zero-order chi connectivity index (χ0) is 22.0. The van der Waals surface area contributed by atoms with E-state index in [1.165, 1.54) is 12.1 Å². The summed E-state index contributed by atoms with van der Waals surface area (Å²) in [6, 6.07) is 11.9. The number of phenols is 1. The summed E-state index contributed by atoms with van der Waals surface area (Å²) in [5, 5.41) is 19.7. The molecule has 9 nitrogen and oxygen atoms in total. The lowest BCUT2D eigenvalue weighted by molar-refractivity contribution is -0.116. The highest BCUT2D eigenvalue weighted by Gasteiger charge is 2.15. The van der Waals surface area contributed by atoms with E-state index < -0.39 is 5.63 Å². The van der Waals surface area contributed by atoms with Crippen LogP contribution in [0.25, 0.3) is 22.4 Å². The van der Waals surface area contributed by atoms with Crippen LogP contribution in [0.4, 0.5) is 5.95 Å². The number of anilines is 1. The van der Waals surface area contributed by atoms with Crippen molar-refractivity contribution in [3.05, 3.63) is 64.0 Å². The fourth-order valence-corrected chi connectivity index (χ4v) is 3.29. The predicted molar refractivity (Wildman–Crippen MR) is 114 cm³/mol. The standard InChI is InChI=1S/C22H20N4O5/c1-12-16-8-5-14(27)11-18(16)31-21(29)17(12)9-10-19(28)23-22-24-20(25-26-22)13-3-6-15(30-2)7-4-13/h3-8,11,27H,9-10H2,1-2H3,(H2,23,24,25,26,28). The van der Waals surface area contributed by atoms with Crippen molar-refractivity contribution in [3.8, 4) is 22.9 Å². The Morgan fingerprint density at radius 2 is 2.00 bits per heavy atom. The summed E-state index contributed by atoms with van der Waals surface area (Å²) in [7, 11) is 1.59. The number of hydrogen-bond acceptors (Lipinski definition) is 7. The van der Waals surface area contributed by atoms with E-state index in [-0.39, 0.29) is 30.4 Å². The van der Waals surface area contributed by atoms with Gasteiger partial charge in [-0.25, -0.2) is 4.79 Å². The van der Waals surface area contributed by atoms with Crippen molar-refractivity contribution in [1.82, 2.24) is 15.2 Å². The zero-order valence-electron chi connectivity index (χ0n) is 16.9. The molecule has 0 saturated heterocycles. The van der Waals surface area contributed by atoms with Crippen LogP contribution in [0.5, 0.6) is 11.5 Å². The summed E-state index contributed by atoms with van der Waals surface area (Å²) in [4.78, 5) is 29.0. The molecule has 0 aliphatic carbocycles. The largest absolute Gasteiger partial charge is 0.508 e. The Hall–Kier alpha value is -4.14. The first-order valence-corrected chi connectivity index (χ1v) is 9.56. The van der Waals surface area contributed by atoms with Crippen LogP contribution >= 0.6 is 0 Å². The molecule has 1 amide bonds. The van der Waals surface area contributed by atoms with Gasteiger partial charge in [0, 0.05) is 29.0 Å². The third kappa shape index (κ3) is 4.25. The molecule has 0 aliphatic heterocycles. The smallest absolute Gasteiger partial charge is 0.339 e. The van der Waals surface area contributed by atoms with Gasteiger partial charge in [-0.1, -0.05) is 0 Å². The molecule has 4 rings (SSSR count). The van der Waals surface area contributed by atoms with Crippen LogP contribution in [-0.4, -0.2) is 33.3 Å². The average Bonchev–Trinajstić information content (AvgIpc) is 3.21. The number of carbonyl (C=O) groups excluding carboxylic acids is 1. The maximum Gasteiger partial charge on any atom is 0.339 e. The number of ether oxygens (including phenoxy) is 1. The van der Waals surface area contributed by atoms with Crippen molar-refractivity contribution < 1.29 is 19.1 Å². The molecule has 0 fully saturated rings. The van der Waals surface area contributed by atoms with Gasteiger partial charge in [0.15, 0.2) is 5.82 Å². The topological polar surface area (TPSA) is 130 Å². The molecule has 0 spiro atoms. The van der Waals surface area contributed by atoms with Crippen molar-refractivity contribution in [3.63, 3.8) is 0 Å². The molecule has 2 aromatic carbocycles. The Morgan fingerprint density at radius 1 is 1.23 bits per heavy atom. The van der Waals surface area contributed by atoms with Gasteiger partial charge < -0.3 is 14.3 Å². The Balaban J connectivity index is 1.43. The number of hydrogen-bond donors (Lipinski definition) is 3. The highest BCUT2D eigenvalue weighted by Crippen LogP contribution is 2.24. The molecule has 0 aliphatic rings. The van der Waals surface area contributed by atoms with Crippen LogP contribution in [-0.2, 0) is 11.2 Å². The number of phenolic OH excluding ortho intramolecular Hbond substituents is 1. The number of nitrogens with one attached hydrogen (secondary N) is 2. The Bertz CT molecular complexity index is 1310. The molecule has 0 unspecified atom stereocenters. The number of carbonyl (C=O) groups is 1. The third-order valence-electron chi connectivity index (χ3n) is 4.97. The van der Waals surface area contributed by atoms with Gasteiger partial charge >= 0.3 is 5.63 Å². The summed E-state index contributed by atoms with van der Waals surface area (Å²) < 4.78 is 10.4. The molecule has 2 heterocycles. The monoisotopic (exact) mass is 420 g/mol. The average molecular weight is 420 g/mol. The van der Waals surface area contributed by atoms with Gasteiger partial charge in [0.2, 0.25) is 11.9 Å². The molecule has 4 aromatic rings. The second-order valence-electron chi connectivity index (χ2n) is 6.96. The fourth-order valence-electron chi connectivity index (χ4n) is 3.29. The second-order valence-corrected chi connectivity index (χ2v) is 6.96. The van der Waals surface area contributed by atoms with Crippen molar-refractivity contribution in [2.24, 2.45) is 0 Å². The lowest BCUT2D eigenvalue weighted by Crippen LogP contribution is -2.17. The molecule has 31 heavy (non-hydrogen) atoms. The van der Waals surface area contributed by atoms with E-state index in [2.05, 4.69) is 20.5 Å². The number of fused-ring (bicyclic) bond motifs is 1. The van der Waals surface area contributed by atoms with Crippen LogP contribution in [0.1, 0.15) is 17.5 Å². The van der Waals surface area contributed by atoms with E-state index in [0.717, 1.165) is 16.9 Å². The minimum Gasteiger partial charge on any atom is -0.508 e. The van der Waals surface area contributed by atoms with Crippen LogP contribution in [0.2, 0.25) is 0 Å². The SMILES string of the molecule is COc1ccc(-c2nc(NC(=O)CCc3c(C)c4ccc(O)cc4oc3=O)n[nH]2)cc1. The number of aromatic hydroxyl groups is 1. The highest BCUT2D eigenvalue weighted by molar-refractivity contribution is 5.89. The van der Waals surface area contributed by atoms with E-state index in [4.69, 9.17) is 9.15 Å². The highest BCUT2D eigenvalue weighted by atomic mass is 16.5. The minimum atomic E-state index is -0.525. The summed E-state index contributed by atoms with van der Waals surface area (Å²) >= 11 is 0.